The van der Waals surface area contributed by atoms with Crippen molar-refractivity contribution in [3.8, 4) is 0 Å². The van der Waals surface area contributed by atoms with E-state index >= 15 is 0 Å². The summed E-state index contributed by atoms with van der Waals surface area (Å²) in [4.78, 5) is 48.2. The third kappa shape index (κ3) is 3.44. The van der Waals surface area contributed by atoms with E-state index in [-0.39, 0.29) is 28.3 Å². The van der Waals surface area contributed by atoms with Gasteiger partial charge in [-0.25, -0.2) is 4.79 Å². The minimum atomic E-state index is -3.03. The van der Waals surface area contributed by atoms with Crippen LogP contribution in [-0.2, 0) is 19.1 Å². The maximum atomic E-state index is 12.8. The van der Waals surface area contributed by atoms with Gasteiger partial charge in [0.15, 0.2) is 0 Å². The number of esters is 1. The van der Waals surface area contributed by atoms with Crippen LogP contribution in [0, 0.1) is 0 Å². The Hall–Kier alpha value is -2.96. The van der Waals surface area contributed by atoms with Crippen molar-refractivity contribution in [1.29, 1.82) is 0 Å². The van der Waals surface area contributed by atoms with Gasteiger partial charge in [0.1, 0.15) is 29.4 Å². The van der Waals surface area contributed by atoms with Gasteiger partial charge in [-0.1, -0.05) is 0 Å². The predicted octanol–water partition coefficient (Wildman–Crippen LogP) is 0.194. The van der Waals surface area contributed by atoms with E-state index in [0.717, 1.165) is 28.9 Å². The summed E-state index contributed by atoms with van der Waals surface area (Å²) in [6.07, 6.45) is 1.03. The topological polar surface area (TPSA) is 131 Å². The first-order chi connectivity index (χ1) is 13.2. The zero-order chi connectivity index (χ0) is 20.6. The van der Waals surface area contributed by atoms with Crippen molar-refractivity contribution in [1.82, 2.24) is 20.0 Å². The molecule has 3 rings (SSSR count). The largest absolute Gasteiger partial charge is 0.477 e. The highest BCUT2D eigenvalue weighted by Crippen LogP contribution is 2.40. The Morgan fingerprint density at radius 3 is 2.79 bits per heavy atom. The van der Waals surface area contributed by atoms with E-state index in [1.54, 1.807) is 0 Å². The number of hydrogen-bond donors (Lipinski definition) is 2. The number of aromatic nitrogens is 2. The molecule has 28 heavy (non-hydrogen) atoms. The molecule has 1 fully saturated rings. The SMILES string of the molecule is CC(=O)OCC1=C(C(=O)O)N2C(=O)[C@H](NC(=O)c3ccnn3C(F)F)[C@@H]2SC1. The van der Waals surface area contributed by atoms with E-state index in [1.807, 2.05) is 0 Å². The number of hydrogen-bond acceptors (Lipinski definition) is 7. The summed E-state index contributed by atoms with van der Waals surface area (Å²) in [7, 11) is 0. The molecule has 13 heteroatoms. The molecule has 3 heterocycles. The van der Waals surface area contributed by atoms with Gasteiger partial charge in [0, 0.05) is 24.4 Å². The second kappa shape index (κ2) is 7.58. The fraction of sp³-hybridized carbons (Fsp3) is 0.400. The van der Waals surface area contributed by atoms with Crippen LogP contribution in [-0.4, -0.2) is 67.3 Å². The van der Waals surface area contributed by atoms with E-state index in [0.29, 0.717) is 0 Å². The maximum Gasteiger partial charge on any atom is 0.352 e. The molecule has 0 saturated carbocycles. The van der Waals surface area contributed by atoms with Crippen molar-refractivity contribution >= 4 is 35.5 Å². The molecule has 2 amide bonds. The monoisotopic (exact) mass is 416 g/mol. The number of nitrogens with zero attached hydrogens (tertiary/aromatic N) is 3. The third-order valence-electron chi connectivity index (χ3n) is 4.07. The van der Waals surface area contributed by atoms with Gasteiger partial charge in [-0.05, 0) is 6.07 Å². The fourth-order valence-electron chi connectivity index (χ4n) is 2.85. The summed E-state index contributed by atoms with van der Waals surface area (Å²) in [6, 6.07) is -0.000854. The number of carbonyl (C=O) groups is 4. The molecular formula is C15H14F2N4O6S. The lowest BCUT2D eigenvalue weighted by molar-refractivity contribution is -0.149. The second-order valence-corrected chi connectivity index (χ2v) is 6.94. The average Bonchev–Trinajstić information content (AvgIpc) is 3.13. The van der Waals surface area contributed by atoms with Crippen LogP contribution in [0.4, 0.5) is 8.78 Å². The van der Waals surface area contributed by atoms with E-state index in [9.17, 15) is 33.1 Å². The van der Waals surface area contributed by atoms with Crippen LogP contribution in [0.1, 0.15) is 24.0 Å². The summed E-state index contributed by atoms with van der Waals surface area (Å²) in [6.45, 7) is -2.13. The Labute approximate surface area is 160 Å². The number of carboxylic acids is 1. The van der Waals surface area contributed by atoms with Crippen molar-refractivity contribution in [3.63, 3.8) is 0 Å². The number of nitrogens with one attached hydrogen (secondary N) is 1. The molecule has 0 spiro atoms. The molecule has 1 saturated heterocycles. The third-order valence-corrected chi connectivity index (χ3v) is 5.41. The molecular weight excluding hydrogens is 402 g/mol. The van der Waals surface area contributed by atoms with Crippen LogP contribution in [0.15, 0.2) is 23.5 Å². The predicted molar refractivity (Wildman–Crippen MR) is 89.1 cm³/mol. The van der Waals surface area contributed by atoms with Crippen molar-refractivity contribution in [3.05, 3.63) is 29.2 Å². The Morgan fingerprint density at radius 2 is 2.18 bits per heavy atom. The first-order valence-corrected chi connectivity index (χ1v) is 8.93. The summed E-state index contributed by atoms with van der Waals surface area (Å²) >= 11 is 1.16. The Kier molecular flexibility index (Phi) is 5.36. The molecule has 0 radical (unpaired) electrons. The van der Waals surface area contributed by atoms with Crippen LogP contribution in [0.5, 0.6) is 0 Å². The molecule has 2 aliphatic heterocycles. The molecule has 1 aromatic rings. The summed E-state index contributed by atoms with van der Waals surface area (Å²) < 4.78 is 30.7. The lowest BCUT2D eigenvalue weighted by atomic mass is 10.0. The van der Waals surface area contributed by atoms with Gasteiger partial charge in [0.2, 0.25) is 0 Å². The normalized spacial score (nSPS) is 21.3. The first kappa shape index (κ1) is 19.8. The van der Waals surface area contributed by atoms with Crippen molar-refractivity contribution in [2.45, 2.75) is 24.9 Å². The van der Waals surface area contributed by atoms with Crippen LogP contribution in [0.3, 0.4) is 0 Å². The molecule has 0 aromatic carbocycles. The quantitative estimate of drug-likeness (QED) is 0.497. The minimum absolute atomic E-state index is 0.157. The smallest absolute Gasteiger partial charge is 0.352 e. The van der Waals surface area contributed by atoms with E-state index < -0.39 is 47.4 Å². The number of ether oxygens (including phenoxy) is 1. The summed E-state index contributed by atoms with van der Waals surface area (Å²) in [5.41, 5.74) is -0.484. The van der Waals surface area contributed by atoms with E-state index in [2.05, 4.69) is 10.4 Å². The van der Waals surface area contributed by atoms with Crippen LogP contribution in [0.2, 0.25) is 0 Å². The molecule has 2 N–H and O–H groups in total. The van der Waals surface area contributed by atoms with Gasteiger partial charge in [-0.3, -0.25) is 19.3 Å². The van der Waals surface area contributed by atoms with Crippen LogP contribution < -0.4 is 5.32 Å². The van der Waals surface area contributed by atoms with E-state index in [4.69, 9.17) is 4.74 Å². The standard InChI is InChI=1S/C15H14F2N4O6S/c1-6(22)27-4-7-5-28-13-9(12(24)20(13)10(7)14(25)26)19-11(23)8-2-3-18-21(8)15(16)17/h2-3,9,13,15H,4-5H2,1H3,(H,19,23)(H,25,26)/t9-,13-/m0/s1. The first-order valence-electron chi connectivity index (χ1n) is 7.88. The lowest BCUT2D eigenvalue weighted by Crippen LogP contribution is -2.70. The highest BCUT2D eigenvalue weighted by molar-refractivity contribution is 8.00. The summed E-state index contributed by atoms with van der Waals surface area (Å²) in [5.74, 6) is -3.44. The van der Waals surface area contributed by atoms with Gasteiger partial charge < -0.3 is 15.2 Å². The van der Waals surface area contributed by atoms with Crippen molar-refractivity contribution < 1.29 is 37.8 Å². The van der Waals surface area contributed by atoms with Gasteiger partial charge in [-0.15, -0.1) is 11.8 Å². The minimum Gasteiger partial charge on any atom is -0.477 e. The molecule has 0 aliphatic carbocycles. The summed E-state index contributed by atoms with van der Waals surface area (Å²) in [5, 5.41) is 14.4. The van der Waals surface area contributed by atoms with Gasteiger partial charge in [0.25, 0.3) is 11.8 Å². The number of β-lactam (4-membered cyclic amide) rings is 1. The lowest BCUT2D eigenvalue weighted by Gasteiger charge is -2.49. The van der Waals surface area contributed by atoms with Crippen molar-refractivity contribution in [2.24, 2.45) is 0 Å². The molecule has 10 nitrogen and oxygen atoms in total. The number of alkyl halides is 2. The molecule has 2 aliphatic rings. The van der Waals surface area contributed by atoms with Gasteiger partial charge in [-0.2, -0.15) is 18.6 Å². The number of fused-ring (bicyclic) bond motifs is 1. The second-order valence-electron chi connectivity index (χ2n) is 5.84. The molecule has 150 valence electrons. The number of rotatable bonds is 6. The van der Waals surface area contributed by atoms with Gasteiger partial charge >= 0.3 is 18.5 Å². The number of thioether (sulfide) groups is 1. The zero-order valence-corrected chi connectivity index (χ0v) is 15.1. The molecule has 0 bridgehead atoms. The van der Waals surface area contributed by atoms with Crippen LogP contribution >= 0.6 is 11.8 Å². The van der Waals surface area contributed by atoms with Gasteiger partial charge in [0.05, 0.1) is 0 Å². The highest BCUT2D eigenvalue weighted by atomic mass is 32.2. The number of carboxylic acid groups (broad SMARTS) is 1. The van der Waals surface area contributed by atoms with E-state index in [1.165, 1.54) is 6.92 Å². The Bertz CT molecular complexity index is 886. The average molecular weight is 416 g/mol. The zero-order valence-electron chi connectivity index (χ0n) is 14.3. The number of aliphatic carboxylic acids is 1. The fourth-order valence-corrected chi connectivity index (χ4v) is 4.18. The van der Waals surface area contributed by atoms with Crippen LogP contribution in [0.25, 0.3) is 0 Å². The number of carbonyl (C=O) groups excluding carboxylic acids is 3. The maximum absolute atomic E-state index is 12.8. The number of amides is 2. The molecule has 1 aromatic heterocycles. The highest BCUT2D eigenvalue weighted by Gasteiger charge is 2.54. The molecule has 2 atom stereocenters. The Balaban J connectivity index is 1.76. The molecule has 0 unspecified atom stereocenters. The Morgan fingerprint density at radius 1 is 1.46 bits per heavy atom. The number of halogens is 2. The van der Waals surface area contributed by atoms with Crippen molar-refractivity contribution in [2.75, 3.05) is 12.4 Å².